The number of allylic oxidation sites excluding steroid dienone is 1. The van der Waals surface area contributed by atoms with Crippen molar-refractivity contribution in [3.63, 3.8) is 0 Å². The fraction of sp³-hybridized carbons (Fsp3) is 0.417. The van der Waals surface area contributed by atoms with E-state index >= 15 is 4.39 Å². The molecule has 1 saturated carbocycles. The van der Waals surface area contributed by atoms with Crippen LogP contribution in [0.1, 0.15) is 55.6 Å². The lowest BCUT2D eigenvalue weighted by atomic mass is 9.64. The molecule has 2 aliphatic carbocycles. The van der Waals surface area contributed by atoms with Gasteiger partial charge >= 0.3 is 0 Å². The molecule has 0 heterocycles. The molecule has 2 aliphatic rings. The largest absolute Gasteiger partial charge is 0.207 e. The van der Waals surface area contributed by atoms with E-state index < -0.39 is 17.5 Å². The molecule has 0 aliphatic heterocycles. The number of hydrogen-bond donors (Lipinski definition) is 0. The maximum atomic E-state index is 15.3. The van der Waals surface area contributed by atoms with E-state index in [-0.39, 0.29) is 11.5 Å². The van der Waals surface area contributed by atoms with E-state index in [1.54, 1.807) is 6.07 Å². The minimum Gasteiger partial charge on any atom is -0.207 e. The summed E-state index contributed by atoms with van der Waals surface area (Å²) in [4.78, 5) is 0. The van der Waals surface area contributed by atoms with Gasteiger partial charge in [-0.05, 0) is 97.6 Å². The van der Waals surface area contributed by atoms with Crippen molar-refractivity contribution in [1.82, 2.24) is 0 Å². The Bertz CT molecular complexity index is 838. The fourth-order valence-electron chi connectivity index (χ4n) is 5.18. The van der Waals surface area contributed by atoms with Crippen molar-refractivity contribution in [2.45, 2.75) is 50.9 Å². The molecule has 0 unspecified atom stereocenters. The van der Waals surface area contributed by atoms with Crippen LogP contribution in [0.4, 0.5) is 13.2 Å². The smallest absolute Gasteiger partial charge is 0.137 e. The molecule has 0 aromatic heterocycles. The standard InChI is InChI=1S/C24H25F3/c1-2-3-4-15-5-11-19-17(13-15)8-12-20-21(19)14-22(26)23(24(20)27)16-6-9-18(25)10-7-16/h2,6-7,9-10,14-15,17,19H,1,3-5,8,11-13H2/t15-,17-,19+/m1/s1. The Morgan fingerprint density at radius 3 is 2.56 bits per heavy atom. The molecule has 0 spiro atoms. The second-order valence-corrected chi connectivity index (χ2v) is 8.07. The van der Waals surface area contributed by atoms with Crippen molar-refractivity contribution in [3.05, 3.63) is 71.6 Å². The summed E-state index contributed by atoms with van der Waals surface area (Å²) in [5, 5.41) is 0. The molecule has 0 saturated heterocycles. The van der Waals surface area contributed by atoms with Crippen LogP contribution in [0.2, 0.25) is 0 Å². The summed E-state index contributed by atoms with van der Waals surface area (Å²) in [6, 6.07) is 6.93. The van der Waals surface area contributed by atoms with Crippen LogP contribution >= 0.6 is 0 Å². The first-order valence-corrected chi connectivity index (χ1v) is 9.96. The molecule has 0 nitrogen and oxygen atoms in total. The van der Waals surface area contributed by atoms with Gasteiger partial charge in [0.25, 0.3) is 0 Å². The van der Waals surface area contributed by atoms with E-state index in [1.165, 1.54) is 30.7 Å². The molecule has 27 heavy (non-hydrogen) atoms. The quantitative estimate of drug-likeness (QED) is 0.500. The first-order chi connectivity index (χ1) is 13.1. The second-order valence-electron chi connectivity index (χ2n) is 8.07. The van der Waals surface area contributed by atoms with Crippen LogP contribution in [0, 0.1) is 29.3 Å². The summed E-state index contributed by atoms with van der Waals surface area (Å²) in [5.41, 5.74) is 1.91. The molecule has 3 heteroatoms. The van der Waals surface area contributed by atoms with Crippen molar-refractivity contribution in [2.75, 3.05) is 0 Å². The first-order valence-electron chi connectivity index (χ1n) is 9.96. The number of rotatable bonds is 4. The Morgan fingerprint density at radius 1 is 1.04 bits per heavy atom. The highest BCUT2D eigenvalue weighted by atomic mass is 19.1. The molecule has 2 aromatic rings. The third-order valence-electron chi connectivity index (χ3n) is 6.52. The van der Waals surface area contributed by atoms with Crippen molar-refractivity contribution in [3.8, 4) is 11.1 Å². The Kier molecular flexibility index (Phi) is 5.12. The van der Waals surface area contributed by atoms with Gasteiger partial charge in [-0.1, -0.05) is 18.2 Å². The predicted molar refractivity (Wildman–Crippen MR) is 103 cm³/mol. The lowest BCUT2D eigenvalue weighted by Crippen LogP contribution is -2.29. The molecule has 0 bridgehead atoms. The SMILES string of the molecule is C=CCC[C@@H]1CC[C@@H]2c3cc(F)c(-c4ccc(F)cc4)c(F)c3CC[C@@H]2C1. The van der Waals surface area contributed by atoms with Crippen molar-refractivity contribution in [2.24, 2.45) is 11.8 Å². The van der Waals surface area contributed by atoms with Crippen molar-refractivity contribution < 1.29 is 13.2 Å². The van der Waals surface area contributed by atoms with Crippen LogP contribution in [0.25, 0.3) is 11.1 Å². The van der Waals surface area contributed by atoms with Crippen LogP contribution in [0.3, 0.4) is 0 Å². The van der Waals surface area contributed by atoms with E-state index in [0.717, 1.165) is 37.7 Å². The zero-order valence-electron chi connectivity index (χ0n) is 15.5. The van der Waals surface area contributed by atoms with Gasteiger partial charge in [-0.3, -0.25) is 0 Å². The number of hydrogen-bond acceptors (Lipinski definition) is 0. The molecule has 1 fully saturated rings. The molecule has 2 aromatic carbocycles. The number of benzene rings is 2. The average Bonchev–Trinajstić information content (AvgIpc) is 2.67. The fourth-order valence-corrected chi connectivity index (χ4v) is 5.18. The zero-order chi connectivity index (χ0) is 19.0. The summed E-state index contributed by atoms with van der Waals surface area (Å²) in [5.74, 6) is 0.0974. The average molecular weight is 370 g/mol. The number of halogens is 3. The highest BCUT2D eigenvalue weighted by molar-refractivity contribution is 5.67. The highest BCUT2D eigenvalue weighted by Crippen LogP contribution is 2.49. The van der Waals surface area contributed by atoms with Gasteiger partial charge in [-0.15, -0.1) is 6.58 Å². The minimum atomic E-state index is -0.535. The molecule has 3 atom stereocenters. The Morgan fingerprint density at radius 2 is 1.81 bits per heavy atom. The monoisotopic (exact) mass is 370 g/mol. The van der Waals surface area contributed by atoms with Crippen LogP contribution in [0.5, 0.6) is 0 Å². The molecule has 4 rings (SSSR count). The Balaban J connectivity index is 1.65. The van der Waals surface area contributed by atoms with Crippen LogP contribution < -0.4 is 0 Å². The lowest BCUT2D eigenvalue weighted by molar-refractivity contribution is 0.201. The highest BCUT2D eigenvalue weighted by Gasteiger charge is 2.37. The predicted octanol–water partition coefficient (Wildman–Crippen LogP) is 7.18. The molecular formula is C24H25F3. The molecule has 0 radical (unpaired) electrons. The Hall–Kier alpha value is -2.03. The van der Waals surface area contributed by atoms with Gasteiger partial charge < -0.3 is 0 Å². The van der Waals surface area contributed by atoms with E-state index in [9.17, 15) is 8.78 Å². The topological polar surface area (TPSA) is 0 Å². The van der Waals surface area contributed by atoms with Gasteiger partial charge in [0.15, 0.2) is 0 Å². The first kappa shape index (κ1) is 18.3. The van der Waals surface area contributed by atoms with Gasteiger partial charge in [-0.2, -0.15) is 0 Å². The normalized spacial score (nSPS) is 24.2. The van der Waals surface area contributed by atoms with Crippen LogP contribution in [-0.2, 0) is 6.42 Å². The molecule has 0 N–H and O–H groups in total. The van der Waals surface area contributed by atoms with E-state index in [2.05, 4.69) is 6.58 Å². The van der Waals surface area contributed by atoms with Crippen molar-refractivity contribution >= 4 is 0 Å². The van der Waals surface area contributed by atoms with Crippen molar-refractivity contribution in [1.29, 1.82) is 0 Å². The second kappa shape index (κ2) is 7.53. The van der Waals surface area contributed by atoms with Crippen LogP contribution in [0.15, 0.2) is 43.0 Å². The summed E-state index contributed by atoms with van der Waals surface area (Å²) in [7, 11) is 0. The minimum absolute atomic E-state index is 0.0214. The zero-order valence-corrected chi connectivity index (χ0v) is 15.5. The third-order valence-corrected chi connectivity index (χ3v) is 6.52. The van der Waals surface area contributed by atoms with Crippen LogP contribution in [-0.4, -0.2) is 0 Å². The summed E-state index contributed by atoms with van der Waals surface area (Å²) in [6.07, 6.45) is 9.10. The third kappa shape index (κ3) is 3.44. The molecular weight excluding hydrogens is 345 g/mol. The maximum absolute atomic E-state index is 15.3. The maximum Gasteiger partial charge on any atom is 0.137 e. The Labute approximate surface area is 159 Å². The van der Waals surface area contributed by atoms with Gasteiger partial charge in [0.1, 0.15) is 17.5 Å². The number of fused-ring (bicyclic) bond motifs is 3. The van der Waals surface area contributed by atoms with E-state index in [4.69, 9.17) is 0 Å². The van der Waals surface area contributed by atoms with Gasteiger partial charge in [-0.25, -0.2) is 13.2 Å². The van der Waals surface area contributed by atoms with E-state index in [1.807, 2.05) is 6.08 Å². The van der Waals surface area contributed by atoms with E-state index in [0.29, 0.717) is 29.4 Å². The molecule has 142 valence electrons. The summed E-state index contributed by atoms with van der Waals surface area (Å²) >= 11 is 0. The van der Waals surface area contributed by atoms with Gasteiger partial charge in [0.2, 0.25) is 0 Å². The summed E-state index contributed by atoms with van der Waals surface area (Å²) in [6.45, 7) is 3.81. The van der Waals surface area contributed by atoms with Gasteiger partial charge in [0, 0.05) is 0 Å². The lowest BCUT2D eigenvalue weighted by Gasteiger charge is -2.41. The summed E-state index contributed by atoms with van der Waals surface area (Å²) < 4.78 is 43.3. The van der Waals surface area contributed by atoms with Gasteiger partial charge in [0.05, 0.1) is 5.56 Å². The molecule has 0 amide bonds.